The van der Waals surface area contributed by atoms with E-state index in [1.165, 1.54) is 32.1 Å². The molecule has 0 saturated heterocycles. The molecule has 0 heterocycles. The Morgan fingerprint density at radius 2 is 2.21 bits per heavy atom. The molecule has 2 nitrogen and oxygen atoms in total. The molecule has 0 aliphatic heterocycles. The van der Waals surface area contributed by atoms with Crippen molar-refractivity contribution in [2.24, 2.45) is 0 Å². The van der Waals surface area contributed by atoms with E-state index >= 15 is 0 Å². The van der Waals surface area contributed by atoms with Crippen LogP contribution in [0, 0.1) is 0 Å². The zero-order valence-corrected chi connectivity index (χ0v) is 9.34. The second kappa shape index (κ2) is 7.02. The molecule has 2 heteroatoms. The quantitative estimate of drug-likeness (QED) is 0.660. The predicted octanol–water partition coefficient (Wildman–Crippen LogP) is 2.19. The van der Waals surface area contributed by atoms with Gasteiger partial charge in [0.15, 0.2) is 0 Å². The summed E-state index contributed by atoms with van der Waals surface area (Å²) in [6.07, 6.45) is 9.90. The molecule has 1 rings (SSSR count). The summed E-state index contributed by atoms with van der Waals surface area (Å²) in [6.45, 7) is 2.47. The Morgan fingerprint density at radius 1 is 1.36 bits per heavy atom. The molecule has 0 unspecified atom stereocenters. The fraction of sp³-hybridized carbons (Fsp3) is 0.833. The number of aliphatic hydroxyl groups is 1. The largest absolute Gasteiger partial charge is 0.396 e. The van der Waals surface area contributed by atoms with Gasteiger partial charge in [-0.3, -0.25) is 0 Å². The molecule has 82 valence electrons. The van der Waals surface area contributed by atoms with Crippen molar-refractivity contribution in [2.45, 2.75) is 38.5 Å². The van der Waals surface area contributed by atoms with Gasteiger partial charge in [0, 0.05) is 19.7 Å². The molecule has 0 fully saturated rings. The van der Waals surface area contributed by atoms with Crippen LogP contribution in [-0.4, -0.2) is 36.8 Å². The van der Waals surface area contributed by atoms with E-state index in [9.17, 15) is 0 Å². The Kier molecular flexibility index (Phi) is 5.88. The first-order valence-corrected chi connectivity index (χ1v) is 5.80. The van der Waals surface area contributed by atoms with Crippen LogP contribution in [0.4, 0.5) is 0 Å². The van der Waals surface area contributed by atoms with Crippen molar-refractivity contribution in [1.82, 2.24) is 4.90 Å². The topological polar surface area (TPSA) is 23.5 Å². The van der Waals surface area contributed by atoms with Gasteiger partial charge in [-0.2, -0.15) is 0 Å². The van der Waals surface area contributed by atoms with Gasteiger partial charge in [-0.15, -0.1) is 0 Å². The van der Waals surface area contributed by atoms with E-state index < -0.39 is 0 Å². The van der Waals surface area contributed by atoms with Gasteiger partial charge < -0.3 is 10.0 Å². The zero-order valence-electron chi connectivity index (χ0n) is 9.34. The van der Waals surface area contributed by atoms with Crippen molar-refractivity contribution in [3.05, 3.63) is 11.6 Å². The summed E-state index contributed by atoms with van der Waals surface area (Å²) in [5.74, 6) is 0. The number of hydrogen-bond acceptors (Lipinski definition) is 2. The lowest BCUT2D eigenvalue weighted by Gasteiger charge is -2.18. The normalized spacial score (nSPS) is 17.2. The minimum atomic E-state index is 0.313. The maximum Gasteiger partial charge on any atom is 0.0443 e. The van der Waals surface area contributed by atoms with E-state index in [2.05, 4.69) is 18.0 Å². The van der Waals surface area contributed by atoms with Gasteiger partial charge in [-0.05, 0) is 45.6 Å². The molecule has 1 aliphatic carbocycles. The lowest BCUT2D eigenvalue weighted by atomic mass is 9.97. The number of rotatable bonds is 6. The highest BCUT2D eigenvalue weighted by atomic mass is 16.3. The van der Waals surface area contributed by atoms with E-state index in [0.717, 1.165) is 19.5 Å². The summed E-state index contributed by atoms with van der Waals surface area (Å²) in [5.41, 5.74) is 1.65. The van der Waals surface area contributed by atoms with Crippen LogP contribution in [0.5, 0.6) is 0 Å². The van der Waals surface area contributed by atoms with Gasteiger partial charge in [0.05, 0.1) is 0 Å². The third kappa shape index (κ3) is 4.77. The van der Waals surface area contributed by atoms with Crippen LogP contribution in [0.1, 0.15) is 38.5 Å². The third-order valence-electron chi connectivity index (χ3n) is 2.90. The van der Waals surface area contributed by atoms with Crippen molar-refractivity contribution in [2.75, 3.05) is 26.7 Å². The van der Waals surface area contributed by atoms with Crippen LogP contribution in [0.2, 0.25) is 0 Å². The number of aliphatic hydroxyl groups excluding tert-OH is 1. The van der Waals surface area contributed by atoms with Gasteiger partial charge in [0.1, 0.15) is 0 Å². The van der Waals surface area contributed by atoms with Crippen molar-refractivity contribution in [3.8, 4) is 0 Å². The molecule has 0 atom stereocenters. The summed E-state index contributed by atoms with van der Waals surface area (Å²) in [5, 5.41) is 8.69. The third-order valence-corrected chi connectivity index (χ3v) is 2.90. The van der Waals surface area contributed by atoms with Crippen molar-refractivity contribution in [3.63, 3.8) is 0 Å². The van der Waals surface area contributed by atoms with E-state index in [1.54, 1.807) is 5.57 Å². The molecule has 0 aromatic heterocycles. The Balaban J connectivity index is 2.09. The fourth-order valence-electron chi connectivity index (χ4n) is 1.92. The molecule has 0 aromatic rings. The molecular formula is C12H23NO. The van der Waals surface area contributed by atoms with Gasteiger partial charge in [0.2, 0.25) is 0 Å². The number of hydrogen-bond donors (Lipinski definition) is 1. The number of nitrogens with zero attached hydrogens (tertiary/aromatic N) is 1. The van der Waals surface area contributed by atoms with Gasteiger partial charge in [-0.25, -0.2) is 0 Å². The molecule has 1 N–H and O–H groups in total. The fourth-order valence-corrected chi connectivity index (χ4v) is 1.92. The van der Waals surface area contributed by atoms with E-state index in [1.807, 2.05) is 0 Å². The molecule has 0 aromatic carbocycles. The van der Waals surface area contributed by atoms with Crippen LogP contribution in [0.15, 0.2) is 11.6 Å². The monoisotopic (exact) mass is 197 g/mol. The highest BCUT2D eigenvalue weighted by Crippen LogP contribution is 2.19. The van der Waals surface area contributed by atoms with Crippen LogP contribution in [0.25, 0.3) is 0 Å². The molecule has 14 heavy (non-hydrogen) atoms. The highest BCUT2D eigenvalue weighted by molar-refractivity contribution is 5.05. The predicted molar refractivity (Wildman–Crippen MR) is 60.4 cm³/mol. The molecule has 0 bridgehead atoms. The van der Waals surface area contributed by atoms with E-state index in [4.69, 9.17) is 5.11 Å². The average Bonchev–Trinajstić information content (AvgIpc) is 2.25. The van der Waals surface area contributed by atoms with E-state index in [-0.39, 0.29) is 0 Å². The van der Waals surface area contributed by atoms with Crippen LogP contribution in [-0.2, 0) is 0 Å². The Morgan fingerprint density at radius 3 is 2.86 bits per heavy atom. The van der Waals surface area contributed by atoms with Crippen LogP contribution in [0.3, 0.4) is 0 Å². The highest BCUT2D eigenvalue weighted by Gasteiger charge is 2.04. The van der Waals surface area contributed by atoms with Crippen molar-refractivity contribution in [1.29, 1.82) is 0 Å². The first-order valence-electron chi connectivity index (χ1n) is 5.80. The maximum atomic E-state index is 8.69. The van der Waals surface area contributed by atoms with E-state index in [0.29, 0.717) is 6.61 Å². The Bertz CT molecular complexity index is 177. The minimum absolute atomic E-state index is 0.313. The second-order valence-corrected chi connectivity index (χ2v) is 4.24. The molecule has 0 radical (unpaired) electrons. The summed E-state index contributed by atoms with van der Waals surface area (Å²) >= 11 is 0. The molecule has 0 spiro atoms. The lowest BCUT2D eigenvalue weighted by Crippen LogP contribution is -2.22. The van der Waals surface area contributed by atoms with Crippen molar-refractivity contribution < 1.29 is 5.11 Å². The van der Waals surface area contributed by atoms with Crippen molar-refractivity contribution >= 4 is 0 Å². The SMILES string of the molecule is CN(CCCO)CCC1=CCCCC1. The number of allylic oxidation sites excluding steroid dienone is 1. The van der Waals surface area contributed by atoms with Gasteiger partial charge in [-0.1, -0.05) is 11.6 Å². The second-order valence-electron chi connectivity index (χ2n) is 4.24. The maximum absolute atomic E-state index is 8.69. The molecule has 0 saturated carbocycles. The molecule has 1 aliphatic rings. The van der Waals surface area contributed by atoms with Gasteiger partial charge >= 0.3 is 0 Å². The minimum Gasteiger partial charge on any atom is -0.396 e. The van der Waals surface area contributed by atoms with Crippen LogP contribution >= 0.6 is 0 Å². The summed E-state index contributed by atoms with van der Waals surface area (Å²) in [4.78, 5) is 2.31. The smallest absolute Gasteiger partial charge is 0.0443 e. The Labute approximate surface area is 87.6 Å². The van der Waals surface area contributed by atoms with Gasteiger partial charge in [0.25, 0.3) is 0 Å². The summed E-state index contributed by atoms with van der Waals surface area (Å²) in [6, 6.07) is 0. The summed E-state index contributed by atoms with van der Waals surface area (Å²) < 4.78 is 0. The first kappa shape index (κ1) is 11.7. The Hall–Kier alpha value is -0.340. The standard InChI is InChI=1S/C12H23NO/c1-13(9-5-11-14)10-8-12-6-3-2-4-7-12/h6,14H,2-5,7-11H2,1H3. The summed E-state index contributed by atoms with van der Waals surface area (Å²) in [7, 11) is 2.14. The zero-order chi connectivity index (χ0) is 10.2. The lowest BCUT2D eigenvalue weighted by molar-refractivity contribution is 0.248. The molecule has 0 amide bonds. The van der Waals surface area contributed by atoms with Crippen LogP contribution < -0.4 is 0 Å². The molecular weight excluding hydrogens is 174 g/mol. The average molecular weight is 197 g/mol. The first-order chi connectivity index (χ1) is 6.83.